The Hall–Kier alpha value is -1.14. The number of nitrogens with zero attached hydrogens (tertiary/aromatic N) is 2. The highest BCUT2D eigenvalue weighted by Crippen LogP contribution is 2.21. The molecule has 0 atom stereocenters. The lowest BCUT2D eigenvalue weighted by Gasteiger charge is -2.16. The van der Waals surface area contributed by atoms with E-state index in [1.165, 1.54) is 7.11 Å². The summed E-state index contributed by atoms with van der Waals surface area (Å²) in [6.45, 7) is 7.02. The van der Waals surface area contributed by atoms with Gasteiger partial charge < -0.3 is 15.0 Å². The van der Waals surface area contributed by atoms with E-state index in [0.29, 0.717) is 6.54 Å². The second kappa shape index (κ2) is 7.24. The van der Waals surface area contributed by atoms with Crippen molar-refractivity contribution in [1.29, 1.82) is 0 Å². The van der Waals surface area contributed by atoms with Gasteiger partial charge in [-0.1, -0.05) is 0 Å². The van der Waals surface area contributed by atoms with E-state index in [0.717, 1.165) is 23.1 Å². The van der Waals surface area contributed by atoms with E-state index >= 15 is 0 Å². The summed E-state index contributed by atoms with van der Waals surface area (Å²) in [5.74, 6) is -0.251. The number of anilines is 1. The first kappa shape index (κ1) is 13.9. The lowest BCUT2D eigenvalue weighted by atomic mass is 10.5. The highest BCUT2D eigenvalue weighted by molar-refractivity contribution is 7.15. The Morgan fingerprint density at radius 1 is 1.53 bits per heavy atom. The maximum Gasteiger partial charge on any atom is 0.319 e. The van der Waals surface area contributed by atoms with Crippen molar-refractivity contribution in [3.63, 3.8) is 0 Å². The normalized spacial score (nSPS) is 10.3. The van der Waals surface area contributed by atoms with Gasteiger partial charge in [-0.05, 0) is 13.8 Å². The third kappa shape index (κ3) is 4.32. The third-order valence-electron chi connectivity index (χ3n) is 2.37. The first-order valence-electron chi connectivity index (χ1n) is 5.68. The van der Waals surface area contributed by atoms with Crippen LogP contribution in [0.2, 0.25) is 0 Å². The number of hydrogen-bond acceptors (Lipinski definition) is 6. The summed E-state index contributed by atoms with van der Waals surface area (Å²) >= 11 is 1.65. The minimum atomic E-state index is -0.251. The molecule has 0 spiro atoms. The Labute approximate surface area is 106 Å². The zero-order chi connectivity index (χ0) is 12.7. The molecule has 17 heavy (non-hydrogen) atoms. The van der Waals surface area contributed by atoms with Crippen LogP contribution < -0.4 is 10.2 Å². The molecule has 0 saturated carbocycles. The highest BCUT2D eigenvalue weighted by Gasteiger charge is 2.07. The highest BCUT2D eigenvalue weighted by atomic mass is 32.1. The molecule has 0 unspecified atom stereocenters. The van der Waals surface area contributed by atoms with E-state index < -0.39 is 0 Å². The fourth-order valence-electron chi connectivity index (χ4n) is 1.38. The molecular weight excluding hydrogens is 238 g/mol. The van der Waals surface area contributed by atoms with E-state index in [1.807, 2.05) is 6.20 Å². The Morgan fingerprint density at radius 3 is 2.82 bits per heavy atom. The van der Waals surface area contributed by atoms with Crippen LogP contribution in [0.1, 0.15) is 18.7 Å². The van der Waals surface area contributed by atoms with Crippen LogP contribution in [0.15, 0.2) is 6.20 Å². The van der Waals surface area contributed by atoms with Crippen LogP contribution >= 0.6 is 11.3 Å². The Kier molecular flexibility index (Phi) is 5.93. The number of rotatable bonds is 7. The van der Waals surface area contributed by atoms with E-state index in [-0.39, 0.29) is 12.5 Å². The Bertz CT molecular complexity index is 350. The zero-order valence-corrected chi connectivity index (χ0v) is 11.3. The molecule has 96 valence electrons. The molecule has 1 heterocycles. The van der Waals surface area contributed by atoms with Crippen molar-refractivity contribution < 1.29 is 9.53 Å². The maximum atomic E-state index is 10.9. The van der Waals surface area contributed by atoms with Gasteiger partial charge in [0.1, 0.15) is 0 Å². The number of carbonyl (C=O) groups is 1. The largest absolute Gasteiger partial charge is 0.468 e. The molecule has 0 aliphatic rings. The van der Waals surface area contributed by atoms with Crippen LogP contribution in [0.3, 0.4) is 0 Å². The van der Waals surface area contributed by atoms with Crippen molar-refractivity contribution in [3.05, 3.63) is 11.1 Å². The zero-order valence-electron chi connectivity index (χ0n) is 10.5. The summed E-state index contributed by atoms with van der Waals surface area (Å²) in [6, 6.07) is 0. The molecular formula is C11H19N3O2S. The van der Waals surface area contributed by atoms with E-state index in [4.69, 9.17) is 0 Å². The van der Waals surface area contributed by atoms with Gasteiger partial charge in [0.25, 0.3) is 0 Å². The summed E-state index contributed by atoms with van der Waals surface area (Å²) in [4.78, 5) is 18.6. The quantitative estimate of drug-likeness (QED) is 0.745. The first-order chi connectivity index (χ1) is 8.21. The molecule has 1 rings (SSSR count). The summed E-state index contributed by atoms with van der Waals surface area (Å²) in [5.41, 5.74) is 0. The van der Waals surface area contributed by atoms with Gasteiger partial charge >= 0.3 is 5.97 Å². The number of hydrogen-bond donors (Lipinski definition) is 1. The molecule has 0 aliphatic heterocycles. The summed E-state index contributed by atoms with van der Waals surface area (Å²) in [7, 11) is 1.38. The van der Waals surface area contributed by atoms with Crippen molar-refractivity contribution in [2.24, 2.45) is 0 Å². The molecule has 5 nitrogen and oxygen atoms in total. The number of thiazole rings is 1. The van der Waals surface area contributed by atoms with Crippen LogP contribution in [-0.2, 0) is 16.1 Å². The molecule has 1 aromatic heterocycles. The summed E-state index contributed by atoms with van der Waals surface area (Å²) in [5, 5.41) is 4.05. The number of carbonyl (C=O) groups excluding carboxylic acids is 1. The molecule has 0 aromatic carbocycles. The van der Waals surface area contributed by atoms with Gasteiger partial charge in [-0.2, -0.15) is 0 Å². The number of aromatic nitrogens is 1. The predicted octanol–water partition coefficient (Wildman–Crippen LogP) is 1.25. The van der Waals surface area contributed by atoms with Gasteiger partial charge in [0.15, 0.2) is 5.13 Å². The van der Waals surface area contributed by atoms with Gasteiger partial charge in [-0.25, -0.2) is 4.98 Å². The fraction of sp³-hybridized carbons (Fsp3) is 0.636. The Balaban J connectivity index is 2.43. The number of ether oxygens (including phenoxy) is 1. The molecule has 6 heteroatoms. The standard InChI is InChI=1S/C11H19N3O2S/c1-4-14(5-2)11-13-7-9(17-11)6-12-8-10(15)16-3/h7,12H,4-6,8H2,1-3H3. The van der Waals surface area contributed by atoms with Crippen LogP contribution in [0.4, 0.5) is 5.13 Å². The smallest absolute Gasteiger partial charge is 0.319 e. The molecule has 0 bridgehead atoms. The van der Waals surface area contributed by atoms with Gasteiger partial charge in [-0.3, -0.25) is 4.79 Å². The van der Waals surface area contributed by atoms with Crippen molar-refractivity contribution in [2.45, 2.75) is 20.4 Å². The van der Waals surface area contributed by atoms with Crippen molar-refractivity contribution in [3.8, 4) is 0 Å². The monoisotopic (exact) mass is 257 g/mol. The van der Waals surface area contributed by atoms with Crippen LogP contribution in [0.5, 0.6) is 0 Å². The molecule has 0 saturated heterocycles. The number of methoxy groups -OCH3 is 1. The van der Waals surface area contributed by atoms with Crippen LogP contribution in [0, 0.1) is 0 Å². The maximum absolute atomic E-state index is 10.9. The Morgan fingerprint density at radius 2 is 2.24 bits per heavy atom. The first-order valence-corrected chi connectivity index (χ1v) is 6.50. The van der Waals surface area contributed by atoms with Gasteiger partial charge in [-0.15, -0.1) is 11.3 Å². The van der Waals surface area contributed by atoms with Crippen molar-refractivity contribution in [2.75, 3.05) is 31.6 Å². The van der Waals surface area contributed by atoms with Gasteiger partial charge in [0, 0.05) is 30.7 Å². The van der Waals surface area contributed by atoms with E-state index in [2.05, 4.69) is 33.8 Å². The van der Waals surface area contributed by atoms with Crippen LogP contribution in [0.25, 0.3) is 0 Å². The average molecular weight is 257 g/mol. The summed E-state index contributed by atoms with van der Waals surface area (Å²) in [6.07, 6.45) is 1.85. The van der Waals surface area contributed by atoms with Gasteiger partial charge in [0.2, 0.25) is 0 Å². The summed E-state index contributed by atoms with van der Waals surface area (Å²) < 4.78 is 4.54. The average Bonchev–Trinajstić information content (AvgIpc) is 2.79. The molecule has 0 aliphatic carbocycles. The van der Waals surface area contributed by atoms with Crippen molar-refractivity contribution >= 4 is 22.4 Å². The molecule has 1 aromatic rings. The second-order valence-corrected chi connectivity index (χ2v) is 4.55. The number of esters is 1. The minimum absolute atomic E-state index is 0.231. The van der Waals surface area contributed by atoms with Crippen molar-refractivity contribution in [1.82, 2.24) is 10.3 Å². The molecule has 1 N–H and O–H groups in total. The number of nitrogens with one attached hydrogen (secondary N) is 1. The molecule has 0 fully saturated rings. The lowest BCUT2D eigenvalue weighted by Crippen LogP contribution is -2.23. The van der Waals surface area contributed by atoms with Gasteiger partial charge in [0.05, 0.1) is 13.7 Å². The van der Waals surface area contributed by atoms with E-state index in [9.17, 15) is 4.79 Å². The second-order valence-electron chi connectivity index (χ2n) is 3.46. The van der Waals surface area contributed by atoms with Crippen LogP contribution in [-0.4, -0.2) is 37.7 Å². The molecule has 0 radical (unpaired) electrons. The lowest BCUT2D eigenvalue weighted by molar-refractivity contribution is -0.139. The minimum Gasteiger partial charge on any atom is -0.468 e. The fourth-order valence-corrected chi connectivity index (χ4v) is 2.39. The predicted molar refractivity (Wildman–Crippen MR) is 69.4 cm³/mol. The molecule has 0 amide bonds. The van der Waals surface area contributed by atoms with E-state index in [1.54, 1.807) is 11.3 Å². The SMILES string of the molecule is CCN(CC)c1ncc(CNCC(=O)OC)s1. The third-order valence-corrected chi connectivity index (χ3v) is 3.43. The topological polar surface area (TPSA) is 54.5 Å².